The molecule has 0 fully saturated rings. The van der Waals surface area contributed by atoms with Crippen LogP contribution in [0.3, 0.4) is 0 Å². The van der Waals surface area contributed by atoms with Crippen molar-refractivity contribution in [1.29, 1.82) is 0 Å². The van der Waals surface area contributed by atoms with E-state index in [4.69, 9.17) is 9.72 Å². The van der Waals surface area contributed by atoms with Gasteiger partial charge >= 0.3 is 0 Å². The van der Waals surface area contributed by atoms with Gasteiger partial charge in [-0.05, 0) is 37.4 Å². The van der Waals surface area contributed by atoms with Crippen molar-refractivity contribution in [3.63, 3.8) is 0 Å². The van der Waals surface area contributed by atoms with Crippen LogP contribution in [0, 0.1) is 5.41 Å². The summed E-state index contributed by atoms with van der Waals surface area (Å²) in [7, 11) is 3.64. The first-order valence-corrected chi connectivity index (χ1v) is 10.3. The van der Waals surface area contributed by atoms with Gasteiger partial charge in [0.05, 0.1) is 18.9 Å². The lowest BCUT2D eigenvalue weighted by molar-refractivity contribution is -0.124. The molecule has 1 aromatic heterocycles. The van der Waals surface area contributed by atoms with Gasteiger partial charge in [0.2, 0.25) is 5.91 Å². The van der Waals surface area contributed by atoms with Crippen LogP contribution in [0.4, 0.5) is 0 Å². The summed E-state index contributed by atoms with van der Waals surface area (Å²) >= 11 is 0. The Morgan fingerprint density at radius 2 is 2.03 bits per heavy atom. The van der Waals surface area contributed by atoms with Gasteiger partial charge < -0.3 is 24.8 Å². The second-order valence-corrected chi connectivity index (χ2v) is 8.91. The summed E-state index contributed by atoms with van der Waals surface area (Å²) in [4.78, 5) is 32.7. The molecule has 8 heteroatoms. The molecular weight excluding hydrogens is 370 g/mol. The third-order valence-corrected chi connectivity index (χ3v) is 5.53. The zero-order valence-electron chi connectivity index (χ0n) is 18.2. The average Bonchev–Trinajstić information content (AvgIpc) is 2.92. The highest BCUT2D eigenvalue weighted by molar-refractivity contribution is 5.97. The van der Waals surface area contributed by atoms with Crippen LogP contribution in [0.1, 0.15) is 55.6 Å². The van der Waals surface area contributed by atoms with Crippen molar-refractivity contribution < 1.29 is 14.3 Å². The first-order chi connectivity index (χ1) is 13.7. The Morgan fingerprint density at radius 3 is 2.66 bits per heavy atom. The average molecular weight is 404 g/mol. The minimum Gasteiger partial charge on any atom is -0.377 e. The number of aromatic nitrogens is 2. The third kappa shape index (κ3) is 4.70. The number of hydrogen-bond acceptors (Lipinski definition) is 5. The van der Waals surface area contributed by atoms with Gasteiger partial charge in [-0.3, -0.25) is 9.59 Å². The molecule has 8 nitrogen and oxygen atoms in total. The van der Waals surface area contributed by atoms with Crippen molar-refractivity contribution in [2.24, 2.45) is 5.41 Å². The molecule has 3 rings (SSSR count). The number of ether oxygens (including phenoxy) is 1. The Kier molecular flexibility index (Phi) is 6.43. The highest BCUT2D eigenvalue weighted by atomic mass is 16.5. The molecular formula is C21H33N5O3. The second kappa shape index (κ2) is 8.67. The summed E-state index contributed by atoms with van der Waals surface area (Å²) < 4.78 is 7.63. The molecule has 0 saturated heterocycles. The van der Waals surface area contributed by atoms with E-state index in [1.54, 1.807) is 7.05 Å². The van der Waals surface area contributed by atoms with Crippen LogP contribution in [-0.2, 0) is 22.6 Å². The standard InChI is InChI=1S/C21H33N5O3/c1-21(2,3)17(20(28)22-4)24-19(27)16-15-13-25(5)9-6-10-26(15)18(23-16)14-7-11-29-12-8-14/h7,17H,6,8-13H2,1-5H3,(H,22,28)(H,24,27)/t17-/m1/s1. The molecule has 0 aliphatic carbocycles. The lowest BCUT2D eigenvalue weighted by Gasteiger charge is -2.29. The number of hydrogen-bond donors (Lipinski definition) is 2. The van der Waals surface area contributed by atoms with Gasteiger partial charge in [-0.25, -0.2) is 4.98 Å². The molecule has 3 heterocycles. The summed E-state index contributed by atoms with van der Waals surface area (Å²) in [6.45, 7) is 9.49. The van der Waals surface area contributed by atoms with Crippen LogP contribution in [0.2, 0.25) is 0 Å². The largest absolute Gasteiger partial charge is 0.377 e. The maximum atomic E-state index is 13.3. The fourth-order valence-electron chi connectivity index (χ4n) is 3.90. The Morgan fingerprint density at radius 1 is 1.28 bits per heavy atom. The summed E-state index contributed by atoms with van der Waals surface area (Å²) in [5, 5.41) is 5.59. The zero-order chi connectivity index (χ0) is 21.2. The summed E-state index contributed by atoms with van der Waals surface area (Å²) in [6, 6.07) is -0.647. The van der Waals surface area contributed by atoms with Crippen LogP contribution < -0.4 is 10.6 Å². The number of carbonyl (C=O) groups excluding carboxylic acids is 2. The molecule has 0 aromatic carbocycles. The smallest absolute Gasteiger partial charge is 0.272 e. The number of nitrogens with one attached hydrogen (secondary N) is 2. The third-order valence-electron chi connectivity index (χ3n) is 5.53. The minimum absolute atomic E-state index is 0.208. The molecule has 29 heavy (non-hydrogen) atoms. The SMILES string of the molecule is CNC(=O)[C@@H](NC(=O)c1nc(C2=CCOCC2)n2c1CN(C)CCC2)C(C)(C)C. The zero-order valence-corrected chi connectivity index (χ0v) is 18.2. The lowest BCUT2D eigenvalue weighted by Crippen LogP contribution is -2.53. The molecule has 0 bridgehead atoms. The molecule has 2 aliphatic heterocycles. The topological polar surface area (TPSA) is 88.5 Å². The second-order valence-electron chi connectivity index (χ2n) is 8.91. The van der Waals surface area contributed by atoms with E-state index < -0.39 is 11.5 Å². The predicted molar refractivity (Wildman–Crippen MR) is 111 cm³/mol. The van der Waals surface area contributed by atoms with Crippen LogP contribution in [0.5, 0.6) is 0 Å². The van der Waals surface area contributed by atoms with E-state index in [0.29, 0.717) is 25.5 Å². The van der Waals surface area contributed by atoms with Crippen molar-refractivity contribution in [3.05, 3.63) is 23.3 Å². The minimum atomic E-state index is -0.647. The monoisotopic (exact) mass is 403 g/mol. The van der Waals surface area contributed by atoms with Crippen LogP contribution >= 0.6 is 0 Å². The molecule has 0 radical (unpaired) electrons. The van der Waals surface area contributed by atoms with Crippen molar-refractivity contribution >= 4 is 17.4 Å². The highest BCUT2D eigenvalue weighted by Crippen LogP contribution is 2.27. The van der Waals surface area contributed by atoms with Gasteiger partial charge in [-0.2, -0.15) is 0 Å². The molecule has 1 atom stereocenters. The first kappa shape index (κ1) is 21.5. The van der Waals surface area contributed by atoms with Gasteiger partial charge in [-0.1, -0.05) is 26.8 Å². The van der Waals surface area contributed by atoms with Crippen LogP contribution in [-0.4, -0.2) is 66.2 Å². The maximum absolute atomic E-state index is 13.3. The fourth-order valence-corrected chi connectivity index (χ4v) is 3.90. The van der Waals surface area contributed by atoms with E-state index in [1.165, 1.54) is 0 Å². The van der Waals surface area contributed by atoms with Crippen LogP contribution in [0.25, 0.3) is 5.57 Å². The molecule has 2 amide bonds. The number of likely N-dealkylation sites (N-methyl/N-ethyl adjacent to an activating group) is 1. The molecule has 0 unspecified atom stereocenters. The Bertz CT molecular complexity index is 806. The molecule has 1 aromatic rings. The Balaban J connectivity index is 1.99. The van der Waals surface area contributed by atoms with Gasteiger partial charge in [0.25, 0.3) is 5.91 Å². The van der Waals surface area contributed by atoms with Crippen molar-refractivity contribution in [2.75, 3.05) is 33.9 Å². The Hall–Kier alpha value is -2.19. The van der Waals surface area contributed by atoms with Gasteiger partial charge in [0, 0.05) is 20.1 Å². The van der Waals surface area contributed by atoms with Gasteiger partial charge in [0.1, 0.15) is 11.9 Å². The van der Waals surface area contributed by atoms with Gasteiger partial charge in [0.15, 0.2) is 5.69 Å². The normalized spacial score (nSPS) is 19.0. The molecule has 0 saturated carbocycles. The summed E-state index contributed by atoms with van der Waals surface area (Å²) in [6.07, 6.45) is 3.84. The lowest BCUT2D eigenvalue weighted by atomic mass is 9.86. The van der Waals surface area contributed by atoms with Gasteiger partial charge in [-0.15, -0.1) is 0 Å². The van der Waals surface area contributed by atoms with E-state index in [9.17, 15) is 9.59 Å². The van der Waals surface area contributed by atoms with E-state index in [1.807, 2.05) is 20.8 Å². The summed E-state index contributed by atoms with van der Waals surface area (Å²) in [5.74, 6) is 0.350. The molecule has 160 valence electrons. The number of amides is 2. The molecule has 0 spiro atoms. The van der Waals surface area contributed by atoms with E-state index >= 15 is 0 Å². The summed E-state index contributed by atoms with van der Waals surface area (Å²) in [5.41, 5.74) is 2.03. The Labute approximate surface area is 172 Å². The van der Waals surface area contributed by atoms with Crippen LogP contribution in [0.15, 0.2) is 6.08 Å². The van der Waals surface area contributed by atoms with E-state index in [-0.39, 0.29) is 11.8 Å². The number of rotatable bonds is 4. The van der Waals surface area contributed by atoms with Crippen molar-refractivity contribution in [3.8, 4) is 0 Å². The molecule has 2 aliphatic rings. The van der Waals surface area contributed by atoms with Crippen molar-refractivity contribution in [1.82, 2.24) is 25.1 Å². The first-order valence-electron chi connectivity index (χ1n) is 10.3. The van der Waals surface area contributed by atoms with E-state index in [0.717, 1.165) is 43.0 Å². The number of nitrogens with zero attached hydrogens (tertiary/aromatic N) is 3. The fraction of sp³-hybridized carbons (Fsp3) is 0.667. The number of imidazole rings is 1. The maximum Gasteiger partial charge on any atom is 0.272 e. The van der Waals surface area contributed by atoms with E-state index in [2.05, 4.69) is 33.2 Å². The number of carbonyl (C=O) groups is 2. The van der Waals surface area contributed by atoms with Crippen molar-refractivity contribution in [2.45, 2.75) is 52.7 Å². The molecule has 2 N–H and O–H groups in total. The highest BCUT2D eigenvalue weighted by Gasteiger charge is 2.34. The number of fused-ring (bicyclic) bond motifs is 1. The predicted octanol–water partition coefficient (Wildman–Crippen LogP) is 1.41. The quantitative estimate of drug-likeness (QED) is 0.794.